The topological polar surface area (TPSA) is 96.5 Å². The van der Waals surface area contributed by atoms with Crippen LogP contribution >= 0.6 is 0 Å². The molecule has 0 aliphatic rings. The Kier molecular flexibility index (Phi) is 6.90. The van der Waals surface area contributed by atoms with Gasteiger partial charge in [-0.25, -0.2) is 0 Å². The van der Waals surface area contributed by atoms with Crippen LogP contribution < -0.4 is 16.0 Å². The largest absolute Gasteiger partial charge is 0.468 e. The van der Waals surface area contributed by atoms with Gasteiger partial charge in [-0.15, -0.1) is 0 Å². The fraction of sp³-hybridized carbons (Fsp3) is 0.357. The maximum Gasteiger partial charge on any atom is 0.325 e. The molecule has 0 radical (unpaired) electrons. The molecule has 0 saturated carbocycles. The molecule has 0 aromatic heterocycles. The predicted molar refractivity (Wildman–Crippen MR) is 78.0 cm³/mol. The second-order valence-corrected chi connectivity index (χ2v) is 4.24. The van der Waals surface area contributed by atoms with Crippen molar-refractivity contribution in [2.24, 2.45) is 0 Å². The number of ether oxygens (including phenoxy) is 1. The number of rotatable bonds is 7. The zero-order valence-corrected chi connectivity index (χ0v) is 12.1. The number of methoxy groups -OCH3 is 1. The number of amides is 2. The summed E-state index contributed by atoms with van der Waals surface area (Å²) >= 11 is 0. The molecule has 3 N–H and O–H groups in total. The number of anilines is 1. The second-order valence-electron chi connectivity index (χ2n) is 4.24. The maximum absolute atomic E-state index is 11.7. The van der Waals surface area contributed by atoms with Crippen LogP contribution in [0.3, 0.4) is 0 Å². The van der Waals surface area contributed by atoms with Crippen molar-refractivity contribution in [3.8, 4) is 0 Å². The normalized spacial score (nSPS) is 9.81. The van der Waals surface area contributed by atoms with E-state index in [1.165, 1.54) is 7.11 Å². The number of esters is 1. The van der Waals surface area contributed by atoms with Crippen molar-refractivity contribution in [1.82, 2.24) is 10.6 Å². The summed E-state index contributed by atoms with van der Waals surface area (Å²) in [4.78, 5) is 34.2. The highest BCUT2D eigenvalue weighted by Crippen LogP contribution is 2.09. The first-order valence-electron chi connectivity index (χ1n) is 6.46. The third kappa shape index (κ3) is 6.05. The summed E-state index contributed by atoms with van der Waals surface area (Å²) in [6.07, 6.45) is 0.373. The maximum atomic E-state index is 11.7. The molecule has 0 bridgehead atoms. The van der Waals surface area contributed by atoms with Crippen LogP contribution in [0.1, 0.15) is 16.8 Å². The van der Waals surface area contributed by atoms with Gasteiger partial charge in [0.25, 0.3) is 5.91 Å². The molecule has 1 rings (SSSR count). The molecule has 0 unspecified atom stereocenters. The van der Waals surface area contributed by atoms with Crippen molar-refractivity contribution in [3.63, 3.8) is 0 Å². The van der Waals surface area contributed by atoms with E-state index < -0.39 is 5.97 Å². The van der Waals surface area contributed by atoms with Gasteiger partial charge >= 0.3 is 5.97 Å². The van der Waals surface area contributed by atoms with Gasteiger partial charge in [0.1, 0.15) is 6.54 Å². The van der Waals surface area contributed by atoms with E-state index >= 15 is 0 Å². The van der Waals surface area contributed by atoms with E-state index in [0.717, 1.165) is 0 Å². The van der Waals surface area contributed by atoms with Gasteiger partial charge in [0.05, 0.1) is 7.11 Å². The third-order valence-electron chi connectivity index (χ3n) is 2.65. The summed E-state index contributed by atoms with van der Waals surface area (Å²) in [7, 11) is 3.02. The molecule has 0 spiro atoms. The molecular weight excluding hydrogens is 274 g/mol. The average molecular weight is 293 g/mol. The van der Waals surface area contributed by atoms with Crippen LogP contribution in [0.2, 0.25) is 0 Å². The van der Waals surface area contributed by atoms with Crippen molar-refractivity contribution in [3.05, 3.63) is 29.8 Å². The number of hydrogen-bond acceptors (Lipinski definition) is 5. The van der Waals surface area contributed by atoms with Gasteiger partial charge in [0.2, 0.25) is 5.91 Å². The highest BCUT2D eigenvalue weighted by atomic mass is 16.5. The summed E-state index contributed by atoms with van der Waals surface area (Å²) in [6, 6.07) is 6.40. The van der Waals surface area contributed by atoms with E-state index in [4.69, 9.17) is 0 Å². The van der Waals surface area contributed by atoms with E-state index in [1.807, 2.05) is 0 Å². The first kappa shape index (κ1) is 16.6. The molecule has 0 atom stereocenters. The van der Waals surface area contributed by atoms with E-state index in [2.05, 4.69) is 20.7 Å². The Labute approximate surface area is 123 Å². The molecule has 7 nitrogen and oxygen atoms in total. The highest BCUT2D eigenvalue weighted by Gasteiger charge is 2.08. The van der Waals surface area contributed by atoms with Crippen LogP contribution in [0.4, 0.5) is 5.69 Å². The van der Waals surface area contributed by atoms with Gasteiger partial charge < -0.3 is 20.7 Å². The smallest absolute Gasteiger partial charge is 0.325 e. The van der Waals surface area contributed by atoms with Crippen LogP contribution in [-0.2, 0) is 14.3 Å². The molecule has 2 amide bonds. The third-order valence-corrected chi connectivity index (χ3v) is 2.65. The van der Waals surface area contributed by atoms with Crippen LogP contribution in [-0.4, -0.2) is 45.0 Å². The van der Waals surface area contributed by atoms with Crippen LogP contribution in [0.5, 0.6) is 0 Å². The minimum Gasteiger partial charge on any atom is -0.468 e. The number of benzene rings is 1. The van der Waals surface area contributed by atoms with E-state index in [-0.39, 0.29) is 18.4 Å². The Morgan fingerprint density at radius 2 is 1.81 bits per heavy atom. The molecule has 1 aromatic rings. The first-order chi connectivity index (χ1) is 10.1. The molecule has 0 heterocycles. The molecule has 114 valence electrons. The predicted octanol–water partition coefficient (Wildman–Crippen LogP) is 0.137. The van der Waals surface area contributed by atoms with Crippen LogP contribution in [0, 0.1) is 0 Å². The molecule has 21 heavy (non-hydrogen) atoms. The summed E-state index contributed by atoms with van der Waals surface area (Å²) in [5.41, 5.74) is 1.01. The fourth-order valence-electron chi connectivity index (χ4n) is 1.49. The molecule has 0 fully saturated rings. The van der Waals surface area contributed by atoms with E-state index in [0.29, 0.717) is 24.2 Å². The van der Waals surface area contributed by atoms with Crippen molar-refractivity contribution in [1.29, 1.82) is 0 Å². The van der Waals surface area contributed by atoms with Crippen LogP contribution in [0.25, 0.3) is 0 Å². The van der Waals surface area contributed by atoms with Gasteiger partial charge in [-0.2, -0.15) is 0 Å². The Morgan fingerprint density at radius 3 is 2.38 bits per heavy atom. The molecule has 0 aliphatic carbocycles. The van der Waals surface area contributed by atoms with Crippen molar-refractivity contribution in [2.75, 3.05) is 32.6 Å². The number of carbonyl (C=O) groups excluding carboxylic acids is 3. The molecule has 0 aliphatic heterocycles. The monoisotopic (exact) mass is 293 g/mol. The average Bonchev–Trinajstić information content (AvgIpc) is 2.50. The van der Waals surface area contributed by atoms with Crippen molar-refractivity contribution in [2.45, 2.75) is 6.42 Å². The number of nitrogens with one attached hydrogen (secondary N) is 3. The lowest BCUT2D eigenvalue weighted by atomic mass is 10.2. The van der Waals surface area contributed by atoms with Gasteiger partial charge in [0.15, 0.2) is 0 Å². The molecular formula is C14H19N3O4. The Hall–Kier alpha value is -2.41. The SMILES string of the molecule is CNCCC(=O)Nc1ccc(C(=O)NCC(=O)OC)cc1. The minimum atomic E-state index is -0.517. The lowest BCUT2D eigenvalue weighted by molar-refractivity contribution is -0.139. The quantitative estimate of drug-likeness (QED) is 0.621. The zero-order chi connectivity index (χ0) is 15.7. The van der Waals surface area contributed by atoms with E-state index in [1.54, 1.807) is 31.3 Å². The number of hydrogen-bond donors (Lipinski definition) is 3. The second kappa shape index (κ2) is 8.70. The molecule has 7 heteroatoms. The minimum absolute atomic E-state index is 0.104. The summed E-state index contributed by atoms with van der Waals surface area (Å²) in [6.45, 7) is 0.414. The summed E-state index contributed by atoms with van der Waals surface area (Å²) < 4.78 is 4.43. The van der Waals surface area contributed by atoms with Gasteiger partial charge in [-0.1, -0.05) is 0 Å². The molecule has 1 aromatic carbocycles. The van der Waals surface area contributed by atoms with Gasteiger partial charge in [0, 0.05) is 24.2 Å². The lowest BCUT2D eigenvalue weighted by Crippen LogP contribution is -2.30. The van der Waals surface area contributed by atoms with Gasteiger partial charge in [-0.3, -0.25) is 14.4 Å². The highest BCUT2D eigenvalue weighted by molar-refractivity contribution is 5.97. The van der Waals surface area contributed by atoms with Crippen molar-refractivity contribution < 1.29 is 19.1 Å². The standard InChI is InChI=1S/C14H19N3O4/c1-15-8-7-12(18)17-11-5-3-10(4-6-11)14(20)16-9-13(19)21-2/h3-6,15H,7-9H2,1-2H3,(H,16,20)(H,17,18). The Morgan fingerprint density at radius 1 is 1.14 bits per heavy atom. The zero-order valence-electron chi connectivity index (χ0n) is 12.1. The Bertz CT molecular complexity index is 499. The van der Waals surface area contributed by atoms with Crippen LogP contribution in [0.15, 0.2) is 24.3 Å². The van der Waals surface area contributed by atoms with Crippen molar-refractivity contribution >= 4 is 23.5 Å². The fourth-order valence-corrected chi connectivity index (χ4v) is 1.49. The molecule has 0 saturated heterocycles. The lowest BCUT2D eigenvalue weighted by Gasteiger charge is -2.07. The number of carbonyl (C=O) groups is 3. The Balaban J connectivity index is 2.51. The first-order valence-corrected chi connectivity index (χ1v) is 6.46. The summed E-state index contributed by atoms with van der Waals surface area (Å²) in [5, 5.41) is 8.03. The van der Waals surface area contributed by atoms with E-state index in [9.17, 15) is 14.4 Å². The van der Waals surface area contributed by atoms with Gasteiger partial charge in [-0.05, 0) is 31.3 Å². The summed E-state index contributed by atoms with van der Waals surface area (Å²) in [5.74, 6) is -1.00.